The second kappa shape index (κ2) is 3.08. The molecule has 0 unspecified atom stereocenters. The minimum atomic E-state index is -0.550. The summed E-state index contributed by atoms with van der Waals surface area (Å²) in [6, 6.07) is 1.16. The molecule has 13 heavy (non-hydrogen) atoms. The van der Waals surface area contributed by atoms with Crippen LogP contribution in [0.3, 0.4) is 0 Å². The molecule has 0 amide bonds. The van der Waals surface area contributed by atoms with Crippen molar-refractivity contribution >= 4 is 5.97 Å². The molecular weight excluding hydrogens is 172 g/mol. The third kappa shape index (κ3) is 2.77. The molecule has 72 valence electrons. The van der Waals surface area contributed by atoms with Crippen LogP contribution in [0.5, 0.6) is 0 Å². The molecule has 1 rings (SSSR count). The zero-order valence-electron chi connectivity index (χ0n) is 7.80. The van der Waals surface area contributed by atoms with Crippen molar-refractivity contribution < 1.29 is 9.53 Å². The van der Waals surface area contributed by atoms with Gasteiger partial charge in [0, 0.05) is 6.07 Å². The van der Waals surface area contributed by atoms with Gasteiger partial charge in [0.15, 0.2) is 0 Å². The van der Waals surface area contributed by atoms with Gasteiger partial charge >= 0.3 is 5.97 Å². The molecule has 0 saturated carbocycles. The maximum absolute atomic E-state index is 11.3. The minimum absolute atomic E-state index is 0.139. The van der Waals surface area contributed by atoms with Crippen LogP contribution in [0.1, 0.15) is 31.3 Å². The lowest BCUT2D eigenvalue weighted by Crippen LogP contribution is -2.24. The average Bonchev–Trinajstić information content (AvgIpc) is 2.31. The number of aromatic nitrogens is 2. The zero-order valence-corrected chi connectivity index (χ0v) is 7.80. The monoisotopic (exact) mass is 184 g/mol. The van der Waals surface area contributed by atoms with Gasteiger partial charge in [0.2, 0.25) is 0 Å². The van der Waals surface area contributed by atoms with E-state index in [1.807, 2.05) is 0 Å². The predicted molar refractivity (Wildman–Crippen MR) is 46.6 cm³/mol. The number of rotatable bonds is 1. The van der Waals surface area contributed by atoms with Gasteiger partial charge in [0.05, 0.1) is 0 Å². The maximum atomic E-state index is 11.3. The predicted octanol–water partition coefficient (Wildman–Crippen LogP) is 0.658. The summed E-state index contributed by atoms with van der Waals surface area (Å²) < 4.78 is 5.01. The fourth-order valence-corrected chi connectivity index (χ4v) is 0.775. The summed E-state index contributed by atoms with van der Waals surface area (Å²) in [6.45, 7) is 5.28. The quantitative estimate of drug-likeness (QED) is 0.629. The smallest absolute Gasteiger partial charge is 0.356 e. The van der Waals surface area contributed by atoms with Crippen LogP contribution in [0.4, 0.5) is 0 Å². The van der Waals surface area contributed by atoms with E-state index in [1.54, 1.807) is 20.8 Å². The van der Waals surface area contributed by atoms with E-state index in [0.29, 0.717) is 0 Å². The molecule has 5 nitrogen and oxygen atoms in total. The van der Waals surface area contributed by atoms with Crippen molar-refractivity contribution in [3.8, 4) is 0 Å². The maximum Gasteiger partial charge on any atom is 0.356 e. The van der Waals surface area contributed by atoms with Crippen molar-refractivity contribution in [2.45, 2.75) is 26.4 Å². The minimum Gasteiger partial charge on any atom is -0.455 e. The Hall–Kier alpha value is -1.52. The summed E-state index contributed by atoms with van der Waals surface area (Å²) in [5.41, 5.74) is -0.758. The first-order valence-corrected chi connectivity index (χ1v) is 3.89. The molecule has 0 fully saturated rings. The van der Waals surface area contributed by atoms with Crippen molar-refractivity contribution in [3.05, 3.63) is 22.1 Å². The lowest BCUT2D eigenvalue weighted by molar-refractivity contribution is 0.00628. The van der Waals surface area contributed by atoms with Crippen LogP contribution < -0.4 is 5.56 Å². The number of H-pyrrole nitrogens is 2. The largest absolute Gasteiger partial charge is 0.455 e. The van der Waals surface area contributed by atoms with Crippen LogP contribution in [-0.2, 0) is 4.74 Å². The Labute approximate surface area is 75.1 Å². The Balaban J connectivity index is 2.75. The standard InChI is InChI=1S/C8H12N2O3/c1-8(2,3)13-7(12)5-4-6(11)10-9-5/h4H,1-3H3,(H2,9,10,11). The van der Waals surface area contributed by atoms with E-state index in [-0.39, 0.29) is 11.3 Å². The Morgan fingerprint density at radius 3 is 2.38 bits per heavy atom. The third-order valence-electron chi connectivity index (χ3n) is 1.21. The Bertz CT molecular complexity index is 356. The molecule has 2 N–H and O–H groups in total. The highest BCUT2D eigenvalue weighted by Gasteiger charge is 2.18. The molecule has 0 aliphatic carbocycles. The van der Waals surface area contributed by atoms with Crippen molar-refractivity contribution in [1.29, 1.82) is 0 Å². The molecular formula is C8H12N2O3. The van der Waals surface area contributed by atoms with Crippen LogP contribution in [0, 0.1) is 0 Å². The number of nitrogens with one attached hydrogen (secondary N) is 2. The summed E-state index contributed by atoms with van der Waals surface area (Å²) in [7, 11) is 0. The molecule has 0 atom stereocenters. The van der Waals surface area contributed by atoms with Gasteiger partial charge in [-0.25, -0.2) is 4.79 Å². The Kier molecular flexibility index (Phi) is 2.27. The van der Waals surface area contributed by atoms with Crippen LogP contribution in [0.25, 0.3) is 0 Å². The van der Waals surface area contributed by atoms with Gasteiger partial charge in [0.1, 0.15) is 11.3 Å². The van der Waals surface area contributed by atoms with E-state index < -0.39 is 11.6 Å². The first-order chi connectivity index (χ1) is 5.88. The van der Waals surface area contributed by atoms with Crippen molar-refractivity contribution in [3.63, 3.8) is 0 Å². The summed E-state index contributed by atoms with van der Waals surface area (Å²) >= 11 is 0. The zero-order chi connectivity index (χ0) is 10.1. The number of ether oxygens (including phenoxy) is 1. The number of hydrogen-bond donors (Lipinski definition) is 2. The van der Waals surface area contributed by atoms with Crippen molar-refractivity contribution in [2.24, 2.45) is 0 Å². The summed E-state index contributed by atoms with van der Waals surface area (Å²) in [4.78, 5) is 21.9. The highest BCUT2D eigenvalue weighted by atomic mass is 16.6. The van der Waals surface area contributed by atoms with E-state index in [4.69, 9.17) is 4.74 Å². The van der Waals surface area contributed by atoms with Gasteiger partial charge in [-0.1, -0.05) is 0 Å². The van der Waals surface area contributed by atoms with Gasteiger partial charge in [-0.15, -0.1) is 0 Å². The molecule has 1 aromatic rings. The first kappa shape index (κ1) is 9.57. The van der Waals surface area contributed by atoms with Crippen LogP contribution >= 0.6 is 0 Å². The molecule has 1 heterocycles. The molecule has 0 aliphatic heterocycles. The number of hydrogen-bond acceptors (Lipinski definition) is 3. The van der Waals surface area contributed by atoms with Gasteiger partial charge in [-0.05, 0) is 20.8 Å². The SMILES string of the molecule is CC(C)(C)OC(=O)c1cc(=O)[nH][nH]1. The molecule has 0 aromatic carbocycles. The molecule has 1 aromatic heterocycles. The topological polar surface area (TPSA) is 75.0 Å². The van der Waals surface area contributed by atoms with Crippen LogP contribution in [0.2, 0.25) is 0 Å². The molecule has 5 heteroatoms. The van der Waals surface area contributed by atoms with E-state index in [9.17, 15) is 9.59 Å². The number of esters is 1. The lowest BCUT2D eigenvalue weighted by atomic mass is 10.2. The van der Waals surface area contributed by atoms with E-state index in [2.05, 4.69) is 10.2 Å². The first-order valence-electron chi connectivity index (χ1n) is 3.89. The fourth-order valence-electron chi connectivity index (χ4n) is 0.775. The number of aromatic amines is 2. The molecule has 0 radical (unpaired) electrons. The molecule has 0 bridgehead atoms. The normalized spacial score (nSPS) is 11.3. The van der Waals surface area contributed by atoms with Crippen LogP contribution in [-0.4, -0.2) is 21.8 Å². The van der Waals surface area contributed by atoms with Crippen LogP contribution in [0.15, 0.2) is 10.9 Å². The van der Waals surface area contributed by atoms with Crippen molar-refractivity contribution in [2.75, 3.05) is 0 Å². The highest BCUT2D eigenvalue weighted by Crippen LogP contribution is 2.09. The van der Waals surface area contributed by atoms with Gasteiger partial charge < -0.3 is 4.74 Å². The van der Waals surface area contributed by atoms with Gasteiger partial charge in [0.25, 0.3) is 5.56 Å². The van der Waals surface area contributed by atoms with Crippen molar-refractivity contribution in [1.82, 2.24) is 10.2 Å². The van der Waals surface area contributed by atoms with E-state index in [0.717, 1.165) is 6.07 Å². The van der Waals surface area contributed by atoms with E-state index in [1.165, 1.54) is 0 Å². The number of carbonyl (C=O) groups is 1. The average molecular weight is 184 g/mol. The molecule has 0 aliphatic rings. The molecule has 0 spiro atoms. The fraction of sp³-hybridized carbons (Fsp3) is 0.500. The summed E-state index contributed by atoms with van der Waals surface area (Å²) in [5, 5.41) is 4.67. The second-order valence-corrected chi connectivity index (χ2v) is 3.67. The Morgan fingerprint density at radius 1 is 1.38 bits per heavy atom. The Morgan fingerprint density at radius 2 is 2.00 bits per heavy atom. The summed E-state index contributed by atoms with van der Waals surface area (Å²) in [6.07, 6.45) is 0. The second-order valence-electron chi connectivity index (χ2n) is 3.67. The third-order valence-corrected chi connectivity index (χ3v) is 1.21. The lowest BCUT2D eigenvalue weighted by Gasteiger charge is -2.18. The summed E-state index contributed by atoms with van der Waals surface area (Å²) in [5.74, 6) is -0.536. The molecule has 0 saturated heterocycles. The van der Waals surface area contributed by atoms with Gasteiger partial charge in [-0.3, -0.25) is 15.0 Å². The highest BCUT2D eigenvalue weighted by molar-refractivity contribution is 5.87. The van der Waals surface area contributed by atoms with E-state index >= 15 is 0 Å². The van der Waals surface area contributed by atoms with Gasteiger partial charge in [-0.2, -0.15) is 0 Å². The number of carbonyl (C=O) groups excluding carboxylic acids is 1.